The molecule has 8 heteroatoms. The zero-order valence-electron chi connectivity index (χ0n) is 14.4. The number of nitrogens with zero attached hydrogens (tertiary/aromatic N) is 3. The molecule has 25 heavy (non-hydrogen) atoms. The molecule has 0 saturated carbocycles. The van der Waals surface area contributed by atoms with Crippen LogP contribution in [-0.4, -0.2) is 34.4 Å². The van der Waals surface area contributed by atoms with E-state index in [1.165, 1.54) is 23.9 Å². The monoisotopic (exact) mass is 342 g/mol. The molecule has 0 aliphatic rings. The Bertz CT molecular complexity index is 854. The topological polar surface area (TPSA) is 120 Å². The van der Waals surface area contributed by atoms with Crippen molar-refractivity contribution in [3.05, 3.63) is 41.2 Å². The van der Waals surface area contributed by atoms with Gasteiger partial charge in [-0.05, 0) is 45.0 Å². The number of anilines is 1. The van der Waals surface area contributed by atoms with E-state index in [4.69, 9.17) is 20.5 Å². The smallest absolute Gasteiger partial charge is 0.359 e. The quantitative estimate of drug-likeness (QED) is 0.848. The van der Waals surface area contributed by atoms with E-state index in [9.17, 15) is 9.59 Å². The first-order chi connectivity index (χ1) is 11.7. The molecule has 0 amide bonds. The second-order valence-electron chi connectivity index (χ2n) is 6.17. The molecule has 0 saturated heterocycles. The van der Waals surface area contributed by atoms with Crippen molar-refractivity contribution in [1.82, 2.24) is 9.78 Å². The van der Waals surface area contributed by atoms with Gasteiger partial charge in [0.15, 0.2) is 11.4 Å². The Kier molecular flexibility index (Phi) is 4.79. The number of rotatable bonds is 3. The van der Waals surface area contributed by atoms with Gasteiger partial charge < -0.3 is 15.2 Å². The Morgan fingerprint density at radius 3 is 2.28 bits per heavy atom. The SMILES string of the molecule is COC(=O)c1c(N)c(C#N)nn1-c1ccc(C(=O)OC(C)(C)C)cc1. The predicted molar refractivity (Wildman–Crippen MR) is 89.2 cm³/mol. The summed E-state index contributed by atoms with van der Waals surface area (Å²) in [6, 6.07) is 8.03. The van der Waals surface area contributed by atoms with Gasteiger partial charge in [-0.25, -0.2) is 14.3 Å². The highest BCUT2D eigenvalue weighted by Gasteiger charge is 2.24. The summed E-state index contributed by atoms with van der Waals surface area (Å²) in [5.41, 5.74) is 5.78. The molecule has 0 unspecified atom stereocenters. The van der Waals surface area contributed by atoms with Gasteiger partial charge in [-0.2, -0.15) is 10.4 Å². The van der Waals surface area contributed by atoms with Gasteiger partial charge in [-0.15, -0.1) is 0 Å². The van der Waals surface area contributed by atoms with Crippen LogP contribution in [0.15, 0.2) is 24.3 Å². The van der Waals surface area contributed by atoms with E-state index in [0.717, 1.165) is 0 Å². The van der Waals surface area contributed by atoms with Crippen molar-refractivity contribution in [2.24, 2.45) is 0 Å². The Morgan fingerprint density at radius 2 is 1.80 bits per heavy atom. The largest absolute Gasteiger partial charge is 0.464 e. The molecule has 0 aliphatic heterocycles. The minimum absolute atomic E-state index is 0.0518. The number of benzene rings is 1. The number of hydrogen-bond acceptors (Lipinski definition) is 7. The lowest BCUT2D eigenvalue weighted by Gasteiger charge is -2.19. The first-order valence-corrected chi connectivity index (χ1v) is 7.38. The summed E-state index contributed by atoms with van der Waals surface area (Å²) in [7, 11) is 1.21. The molecular formula is C17H18N4O4. The van der Waals surface area contributed by atoms with Crippen LogP contribution in [-0.2, 0) is 9.47 Å². The number of methoxy groups -OCH3 is 1. The summed E-state index contributed by atoms with van der Waals surface area (Å²) in [5.74, 6) is -1.19. The maximum atomic E-state index is 12.1. The lowest BCUT2D eigenvalue weighted by atomic mass is 10.1. The highest BCUT2D eigenvalue weighted by atomic mass is 16.6. The predicted octanol–water partition coefficient (Wildman–Crippen LogP) is 2.07. The third-order valence-electron chi connectivity index (χ3n) is 3.15. The number of nitrogen functional groups attached to an aromatic ring is 1. The zero-order chi connectivity index (χ0) is 18.8. The number of carbonyl (C=O) groups excluding carboxylic acids is 2. The fourth-order valence-corrected chi connectivity index (χ4v) is 2.07. The van der Waals surface area contributed by atoms with Gasteiger partial charge in [0.25, 0.3) is 0 Å². The molecule has 1 aromatic heterocycles. The van der Waals surface area contributed by atoms with E-state index >= 15 is 0 Å². The second-order valence-corrected chi connectivity index (χ2v) is 6.17. The normalized spacial score (nSPS) is 10.8. The maximum Gasteiger partial charge on any atom is 0.359 e. The molecule has 1 heterocycles. The number of ether oxygens (including phenoxy) is 2. The standard InChI is InChI=1S/C17H18N4O4/c1-17(2,3)25-15(22)10-5-7-11(8-6-10)21-14(16(23)24-4)13(19)12(9-18)20-21/h5-8H,19H2,1-4H3. The molecule has 8 nitrogen and oxygen atoms in total. The first-order valence-electron chi connectivity index (χ1n) is 7.38. The number of nitrogens with two attached hydrogens (primary N) is 1. The molecule has 0 fully saturated rings. The first kappa shape index (κ1) is 18.0. The summed E-state index contributed by atoms with van der Waals surface area (Å²) in [6.45, 7) is 5.33. The van der Waals surface area contributed by atoms with E-state index in [0.29, 0.717) is 11.3 Å². The van der Waals surface area contributed by atoms with Crippen LogP contribution in [0.25, 0.3) is 5.69 Å². The van der Waals surface area contributed by atoms with Crippen LogP contribution in [0.1, 0.15) is 47.3 Å². The van der Waals surface area contributed by atoms with Crippen LogP contribution < -0.4 is 5.73 Å². The van der Waals surface area contributed by atoms with Gasteiger partial charge in [0.1, 0.15) is 17.4 Å². The molecule has 0 bridgehead atoms. The number of aromatic nitrogens is 2. The van der Waals surface area contributed by atoms with E-state index in [1.54, 1.807) is 32.9 Å². The minimum atomic E-state index is -0.720. The van der Waals surface area contributed by atoms with E-state index in [2.05, 4.69) is 5.10 Å². The average molecular weight is 342 g/mol. The minimum Gasteiger partial charge on any atom is -0.464 e. The van der Waals surface area contributed by atoms with Gasteiger partial charge in [0.2, 0.25) is 0 Å². The van der Waals surface area contributed by atoms with Crippen LogP contribution in [0.4, 0.5) is 5.69 Å². The van der Waals surface area contributed by atoms with Crippen molar-refractivity contribution in [2.45, 2.75) is 26.4 Å². The molecule has 2 N–H and O–H groups in total. The van der Waals surface area contributed by atoms with Crippen molar-refractivity contribution in [2.75, 3.05) is 12.8 Å². The maximum absolute atomic E-state index is 12.1. The van der Waals surface area contributed by atoms with Crippen molar-refractivity contribution in [3.63, 3.8) is 0 Å². The van der Waals surface area contributed by atoms with Gasteiger partial charge in [-0.3, -0.25) is 0 Å². The van der Waals surface area contributed by atoms with Crippen molar-refractivity contribution in [1.29, 1.82) is 5.26 Å². The summed E-state index contributed by atoms with van der Waals surface area (Å²) < 4.78 is 11.2. The van der Waals surface area contributed by atoms with E-state index in [-0.39, 0.29) is 17.1 Å². The Morgan fingerprint density at radius 1 is 1.20 bits per heavy atom. The Labute approximate surface area is 144 Å². The van der Waals surface area contributed by atoms with Gasteiger partial charge >= 0.3 is 11.9 Å². The van der Waals surface area contributed by atoms with Crippen molar-refractivity contribution >= 4 is 17.6 Å². The number of hydrogen-bond donors (Lipinski definition) is 1. The Balaban J connectivity index is 2.42. The summed E-state index contributed by atoms with van der Waals surface area (Å²) in [4.78, 5) is 24.0. The molecule has 0 spiro atoms. The van der Waals surface area contributed by atoms with Gasteiger partial charge in [-0.1, -0.05) is 0 Å². The fourth-order valence-electron chi connectivity index (χ4n) is 2.07. The summed E-state index contributed by atoms with van der Waals surface area (Å²) in [6.07, 6.45) is 0. The highest BCUT2D eigenvalue weighted by Crippen LogP contribution is 2.22. The molecule has 1 aromatic carbocycles. The molecule has 0 aliphatic carbocycles. The third kappa shape index (κ3) is 3.77. The average Bonchev–Trinajstić information content (AvgIpc) is 2.89. The Hall–Kier alpha value is -3.34. The zero-order valence-corrected chi connectivity index (χ0v) is 14.4. The molecule has 2 aromatic rings. The van der Waals surface area contributed by atoms with E-state index < -0.39 is 17.5 Å². The fraction of sp³-hybridized carbons (Fsp3) is 0.294. The molecule has 2 rings (SSSR count). The number of carbonyl (C=O) groups is 2. The molecular weight excluding hydrogens is 324 g/mol. The van der Waals surface area contributed by atoms with Crippen LogP contribution in [0.3, 0.4) is 0 Å². The molecule has 130 valence electrons. The lowest BCUT2D eigenvalue weighted by Crippen LogP contribution is -2.23. The van der Waals surface area contributed by atoms with Crippen LogP contribution in [0.2, 0.25) is 0 Å². The van der Waals surface area contributed by atoms with Crippen LogP contribution in [0, 0.1) is 11.3 Å². The molecule has 0 atom stereocenters. The summed E-state index contributed by atoms with van der Waals surface area (Å²) >= 11 is 0. The number of nitriles is 1. The van der Waals surface area contributed by atoms with Crippen LogP contribution in [0.5, 0.6) is 0 Å². The molecule has 0 radical (unpaired) electrons. The number of esters is 2. The van der Waals surface area contributed by atoms with Gasteiger partial charge in [0.05, 0.1) is 18.4 Å². The van der Waals surface area contributed by atoms with Crippen molar-refractivity contribution < 1.29 is 19.1 Å². The lowest BCUT2D eigenvalue weighted by molar-refractivity contribution is 0.00693. The van der Waals surface area contributed by atoms with Gasteiger partial charge in [0, 0.05) is 0 Å². The van der Waals surface area contributed by atoms with E-state index in [1.807, 2.05) is 6.07 Å². The third-order valence-corrected chi connectivity index (χ3v) is 3.15. The van der Waals surface area contributed by atoms with Crippen molar-refractivity contribution in [3.8, 4) is 11.8 Å². The van der Waals surface area contributed by atoms with Crippen LogP contribution >= 0.6 is 0 Å². The highest BCUT2D eigenvalue weighted by molar-refractivity contribution is 5.95. The summed E-state index contributed by atoms with van der Waals surface area (Å²) in [5, 5.41) is 13.1. The second kappa shape index (κ2) is 6.65.